The Bertz CT molecular complexity index is 1110. The van der Waals surface area contributed by atoms with Gasteiger partial charge in [-0.05, 0) is 41.7 Å². The molecule has 3 amide bonds. The summed E-state index contributed by atoms with van der Waals surface area (Å²) in [6.45, 7) is 1.83. The third kappa shape index (κ3) is 5.07. The van der Waals surface area contributed by atoms with Crippen molar-refractivity contribution < 1.29 is 19.1 Å². The van der Waals surface area contributed by atoms with Gasteiger partial charge in [-0.1, -0.05) is 79.7 Å². The van der Waals surface area contributed by atoms with Gasteiger partial charge in [0, 0.05) is 12.1 Å². The normalized spacial score (nSPS) is 17.9. The number of nitrogens with one attached hydrogen (secondary N) is 2. The first kappa shape index (κ1) is 23.4. The highest BCUT2D eigenvalue weighted by molar-refractivity contribution is 6.03. The molecule has 1 unspecified atom stereocenters. The molecule has 6 heteroatoms. The third-order valence-electron chi connectivity index (χ3n) is 6.38. The molecule has 2 N–H and O–H groups in total. The molecule has 3 aromatic carbocycles. The van der Waals surface area contributed by atoms with Crippen LogP contribution in [0.25, 0.3) is 0 Å². The van der Waals surface area contributed by atoms with Gasteiger partial charge < -0.3 is 10.1 Å². The van der Waals surface area contributed by atoms with E-state index >= 15 is 0 Å². The molecule has 34 heavy (non-hydrogen) atoms. The van der Waals surface area contributed by atoms with Crippen molar-refractivity contribution in [2.75, 3.05) is 11.9 Å². The largest absolute Gasteiger partial charge is 0.359 e. The SMILES string of the molecule is CCC1(c2ccc(NC(=O)COC(c3ccccc3)c3ccccc3)cc2)CCC(=O)NC1=O. The second kappa shape index (κ2) is 10.4. The fraction of sp³-hybridized carbons (Fsp3) is 0.250. The van der Waals surface area contributed by atoms with Gasteiger partial charge in [0.2, 0.25) is 17.7 Å². The van der Waals surface area contributed by atoms with E-state index in [-0.39, 0.29) is 30.4 Å². The summed E-state index contributed by atoms with van der Waals surface area (Å²) < 4.78 is 6.03. The van der Waals surface area contributed by atoms with Crippen molar-refractivity contribution in [1.82, 2.24) is 5.32 Å². The van der Waals surface area contributed by atoms with Gasteiger partial charge in [0.15, 0.2) is 0 Å². The highest BCUT2D eigenvalue weighted by Crippen LogP contribution is 2.36. The standard InChI is InChI=1S/C28H28N2O4/c1-2-28(18-17-24(31)30-27(28)33)22-13-15-23(16-14-22)29-25(32)19-34-26(20-9-5-3-6-10-20)21-11-7-4-8-12-21/h3-16,26H,2,17-19H2,1H3,(H,29,32)(H,30,31,33). The zero-order valence-electron chi connectivity index (χ0n) is 19.1. The van der Waals surface area contributed by atoms with Crippen LogP contribution in [-0.2, 0) is 24.5 Å². The van der Waals surface area contributed by atoms with Gasteiger partial charge in [-0.3, -0.25) is 19.7 Å². The number of piperidine rings is 1. The fourth-order valence-corrected chi connectivity index (χ4v) is 4.44. The number of benzene rings is 3. The molecule has 1 aliphatic heterocycles. The number of imide groups is 1. The summed E-state index contributed by atoms with van der Waals surface area (Å²) in [7, 11) is 0. The maximum Gasteiger partial charge on any atom is 0.250 e. The van der Waals surface area contributed by atoms with Gasteiger partial charge in [0.1, 0.15) is 12.7 Å². The van der Waals surface area contributed by atoms with Crippen LogP contribution in [0.1, 0.15) is 49.0 Å². The van der Waals surface area contributed by atoms with Gasteiger partial charge in [0.05, 0.1) is 5.41 Å². The van der Waals surface area contributed by atoms with E-state index in [1.807, 2.05) is 79.7 Å². The lowest BCUT2D eigenvalue weighted by Crippen LogP contribution is -2.51. The van der Waals surface area contributed by atoms with E-state index in [9.17, 15) is 14.4 Å². The van der Waals surface area contributed by atoms with E-state index in [1.165, 1.54) is 0 Å². The third-order valence-corrected chi connectivity index (χ3v) is 6.38. The highest BCUT2D eigenvalue weighted by Gasteiger charge is 2.42. The van der Waals surface area contributed by atoms with Crippen molar-refractivity contribution in [3.05, 3.63) is 102 Å². The van der Waals surface area contributed by atoms with Crippen LogP contribution in [0.4, 0.5) is 5.69 Å². The Morgan fingerprint density at radius 1 is 0.941 bits per heavy atom. The summed E-state index contributed by atoms with van der Waals surface area (Å²) in [6.07, 6.45) is 1.03. The minimum atomic E-state index is -0.724. The first-order valence-corrected chi connectivity index (χ1v) is 11.5. The van der Waals surface area contributed by atoms with Crippen molar-refractivity contribution >= 4 is 23.4 Å². The Hall–Kier alpha value is -3.77. The smallest absolute Gasteiger partial charge is 0.250 e. The van der Waals surface area contributed by atoms with Crippen LogP contribution < -0.4 is 10.6 Å². The number of ether oxygens (including phenoxy) is 1. The quantitative estimate of drug-likeness (QED) is 0.488. The van der Waals surface area contributed by atoms with Gasteiger partial charge in [-0.25, -0.2) is 0 Å². The minimum Gasteiger partial charge on any atom is -0.359 e. The molecule has 1 aliphatic rings. The average molecular weight is 457 g/mol. The zero-order valence-corrected chi connectivity index (χ0v) is 19.1. The molecular weight excluding hydrogens is 428 g/mol. The first-order chi connectivity index (χ1) is 16.5. The topological polar surface area (TPSA) is 84.5 Å². The maximum absolute atomic E-state index is 12.6. The second-order valence-electron chi connectivity index (χ2n) is 8.45. The predicted molar refractivity (Wildman–Crippen MR) is 130 cm³/mol. The number of anilines is 1. The molecule has 0 saturated carbocycles. The van der Waals surface area contributed by atoms with E-state index in [0.29, 0.717) is 24.9 Å². The number of amides is 3. The first-order valence-electron chi connectivity index (χ1n) is 11.5. The van der Waals surface area contributed by atoms with E-state index in [2.05, 4.69) is 10.6 Å². The number of carbonyl (C=O) groups excluding carboxylic acids is 3. The van der Waals surface area contributed by atoms with E-state index in [1.54, 1.807) is 12.1 Å². The number of rotatable bonds is 8. The Morgan fingerprint density at radius 3 is 2.06 bits per heavy atom. The average Bonchev–Trinajstić information content (AvgIpc) is 2.86. The highest BCUT2D eigenvalue weighted by atomic mass is 16.5. The summed E-state index contributed by atoms with van der Waals surface area (Å²) in [5.41, 5.74) is 2.67. The van der Waals surface area contributed by atoms with Crippen molar-refractivity contribution in [3.8, 4) is 0 Å². The Balaban J connectivity index is 1.42. The van der Waals surface area contributed by atoms with Crippen LogP contribution in [0.5, 0.6) is 0 Å². The summed E-state index contributed by atoms with van der Waals surface area (Å²) in [6, 6.07) is 26.8. The van der Waals surface area contributed by atoms with E-state index in [0.717, 1.165) is 16.7 Å². The van der Waals surface area contributed by atoms with Crippen LogP contribution in [0.15, 0.2) is 84.9 Å². The van der Waals surface area contributed by atoms with Crippen LogP contribution in [0.3, 0.4) is 0 Å². The van der Waals surface area contributed by atoms with Crippen molar-refractivity contribution in [3.63, 3.8) is 0 Å². The second-order valence-corrected chi connectivity index (χ2v) is 8.45. The number of carbonyl (C=O) groups is 3. The Morgan fingerprint density at radius 2 is 1.53 bits per heavy atom. The van der Waals surface area contributed by atoms with Crippen molar-refractivity contribution in [2.45, 2.75) is 37.7 Å². The molecule has 0 bridgehead atoms. The van der Waals surface area contributed by atoms with Gasteiger partial charge in [-0.2, -0.15) is 0 Å². The maximum atomic E-state index is 12.6. The molecule has 174 valence electrons. The predicted octanol–water partition coefficient (Wildman–Crippen LogP) is 4.52. The monoisotopic (exact) mass is 456 g/mol. The van der Waals surface area contributed by atoms with Crippen LogP contribution >= 0.6 is 0 Å². The molecule has 1 fully saturated rings. The molecule has 1 atom stereocenters. The Kier molecular flexibility index (Phi) is 7.18. The molecule has 0 aromatic heterocycles. The number of hydrogen-bond donors (Lipinski definition) is 2. The van der Waals surface area contributed by atoms with Crippen molar-refractivity contribution in [2.24, 2.45) is 0 Å². The fourth-order valence-electron chi connectivity index (χ4n) is 4.44. The molecular formula is C28H28N2O4. The molecule has 0 spiro atoms. The molecule has 1 heterocycles. The molecule has 0 radical (unpaired) electrons. The molecule has 6 nitrogen and oxygen atoms in total. The lowest BCUT2D eigenvalue weighted by Gasteiger charge is -2.35. The summed E-state index contributed by atoms with van der Waals surface area (Å²) in [4.78, 5) is 36.8. The molecule has 1 saturated heterocycles. The molecule has 3 aromatic rings. The summed E-state index contributed by atoms with van der Waals surface area (Å²) in [5.74, 6) is -0.762. The zero-order chi connectivity index (χ0) is 24.0. The van der Waals surface area contributed by atoms with Crippen molar-refractivity contribution in [1.29, 1.82) is 0 Å². The Labute approximate surface area is 199 Å². The van der Waals surface area contributed by atoms with Crippen LogP contribution in [0.2, 0.25) is 0 Å². The lowest BCUT2D eigenvalue weighted by molar-refractivity contribution is -0.138. The van der Waals surface area contributed by atoms with Gasteiger partial charge >= 0.3 is 0 Å². The lowest BCUT2D eigenvalue weighted by atomic mass is 9.72. The van der Waals surface area contributed by atoms with Crippen LogP contribution in [-0.4, -0.2) is 24.3 Å². The minimum absolute atomic E-state index is 0.111. The molecule has 4 rings (SSSR count). The number of hydrogen-bond acceptors (Lipinski definition) is 4. The summed E-state index contributed by atoms with van der Waals surface area (Å²) in [5, 5.41) is 5.32. The van der Waals surface area contributed by atoms with Gasteiger partial charge in [0.25, 0.3) is 0 Å². The summed E-state index contributed by atoms with van der Waals surface area (Å²) >= 11 is 0. The molecule has 0 aliphatic carbocycles. The van der Waals surface area contributed by atoms with Crippen LogP contribution in [0, 0.1) is 0 Å². The van der Waals surface area contributed by atoms with E-state index < -0.39 is 5.41 Å². The van der Waals surface area contributed by atoms with Gasteiger partial charge in [-0.15, -0.1) is 0 Å². The van der Waals surface area contributed by atoms with E-state index in [4.69, 9.17) is 4.74 Å².